The Bertz CT molecular complexity index is 731. The predicted molar refractivity (Wildman–Crippen MR) is 165 cm³/mol. The lowest BCUT2D eigenvalue weighted by Crippen LogP contribution is -2.29. The van der Waals surface area contributed by atoms with E-state index in [1.165, 1.54) is 32.1 Å². The van der Waals surface area contributed by atoms with Crippen LogP contribution in [0.15, 0.2) is 24.3 Å². The lowest BCUT2D eigenvalue weighted by atomic mass is 10.1. The van der Waals surface area contributed by atoms with Crippen molar-refractivity contribution >= 4 is 19.8 Å². The van der Waals surface area contributed by atoms with Gasteiger partial charge in [-0.15, -0.1) is 0 Å². The average Bonchev–Trinajstić information content (AvgIpc) is 2.93. The van der Waals surface area contributed by atoms with Crippen LogP contribution in [-0.2, 0) is 28.2 Å². The van der Waals surface area contributed by atoms with Crippen LogP contribution in [0.25, 0.3) is 0 Å². The number of hydrogen-bond donors (Lipinski definition) is 2. The number of phosphoric ester groups is 1. The smallest absolute Gasteiger partial charge is 0.462 e. The Morgan fingerprint density at radius 1 is 0.610 bits per heavy atom. The molecule has 0 fully saturated rings. The molecular formula is C32H59O8P. The van der Waals surface area contributed by atoms with Crippen LogP contribution < -0.4 is 0 Å². The quantitative estimate of drug-likeness (QED) is 0.0377. The summed E-state index contributed by atoms with van der Waals surface area (Å²) in [6, 6.07) is 0. The van der Waals surface area contributed by atoms with E-state index in [-0.39, 0.29) is 19.4 Å². The minimum Gasteiger partial charge on any atom is -0.462 e. The van der Waals surface area contributed by atoms with E-state index >= 15 is 0 Å². The largest absolute Gasteiger partial charge is 0.469 e. The Kier molecular flexibility index (Phi) is 27.6. The van der Waals surface area contributed by atoms with Crippen LogP contribution in [0.4, 0.5) is 0 Å². The Morgan fingerprint density at radius 2 is 1.05 bits per heavy atom. The van der Waals surface area contributed by atoms with Crippen molar-refractivity contribution in [2.75, 3.05) is 13.2 Å². The van der Waals surface area contributed by atoms with Gasteiger partial charge >= 0.3 is 19.8 Å². The number of allylic oxidation sites excluding steroid dienone is 4. The number of carbonyl (C=O) groups excluding carboxylic acids is 2. The van der Waals surface area contributed by atoms with Crippen molar-refractivity contribution in [3.63, 3.8) is 0 Å². The molecule has 1 atom stereocenters. The van der Waals surface area contributed by atoms with Crippen molar-refractivity contribution < 1.29 is 37.9 Å². The highest BCUT2D eigenvalue weighted by Crippen LogP contribution is 2.35. The van der Waals surface area contributed by atoms with E-state index in [4.69, 9.17) is 19.3 Å². The number of carbonyl (C=O) groups is 2. The van der Waals surface area contributed by atoms with E-state index in [0.29, 0.717) is 12.8 Å². The molecule has 0 saturated carbocycles. The third-order valence-corrected chi connectivity index (χ3v) is 7.18. The zero-order valence-corrected chi connectivity index (χ0v) is 26.8. The van der Waals surface area contributed by atoms with Gasteiger partial charge in [0.05, 0.1) is 6.61 Å². The zero-order chi connectivity index (χ0) is 30.4. The summed E-state index contributed by atoms with van der Waals surface area (Å²) in [5.41, 5.74) is 0. The fourth-order valence-electron chi connectivity index (χ4n) is 4.23. The fourth-order valence-corrected chi connectivity index (χ4v) is 4.59. The second-order valence-electron chi connectivity index (χ2n) is 10.8. The topological polar surface area (TPSA) is 119 Å². The maximum absolute atomic E-state index is 12.3. The van der Waals surface area contributed by atoms with Crippen molar-refractivity contribution in [2.24, 2.45) is 0 Å². The Morgan fingerprint density at radius 3 is 1.56 bits per heavy atom. The summed E-state index contributed by atoms with van der Waals surface area (Å²) < 4.78 is 26.1. The third kappa shape index (κ3) is 31.3. The summed E-state index contributed by atoms with van der Waals surface area (Å²) in [5.74, 6) is -0.910. The van der Waals surface area contributed by atoms with Crippen LogP contribution in [0.2, 0.25) is 0 Å². The number of ether oxygens (including phenoxy) is 2. The van der Waals surface area contributed by atoms with Crippen LogP contribution in [-0.4, -0.2) is 41.0 Å². The first-order valence-corrected chi connectivity index (χ1v) is 17.7. The lowest BCUT2D eigenvalue weighted by Gasteiger charge is -2.18. The van der Waals surface area contributed by atoms with Gasteiger partial charge in [-0.1, -0.05) is 102 Å². The minimum absolute atomic E-state index is 0.201. The lowest BCUT2D eigenvalue weighted by molar-refractivity contribution is -0.161. The van der Waals surface area contributed by atoms with E-state index in [0.717, 1.165) is 77.0 Å². The molecule has 0 unspecified atom stereocenters. The molecule has 0 spiro atoms. The molecule has 0 aliphatic carbocycles. The van der Waals surface area contributed by atoms with Crippen LogP contribution >= 0.6 is 7.82 Å². The first kappa shape index (κ1) is 39.5. The number of rotatable bonds is 29. The highest BCUT2D eigenvalue weighted by atomic mass is 31.2. The van der Waals surface area contributed by atoms with Gasteiger partial charge in [-0.05, 0) is 57.8 Å². The molecule has 41 heavy (non-hydrogen) atoms. The molecule has 0 radical (unpaired) electrons. The normalized spacial score (nSPS) is 12.8. The highest BCUT2D eigenvalue weighted by molar-refractivity contribution is 7.46. The second-order valence-corrected chi connectivity index (χ2v) is 12.0. The van der Waals surface area contributed by atoms with E-state index < -0.39 is 32.5 Å². The van der Waals surface area contributed by atoms with Crippen LogP contribution in [0.1, 0.15) is 149 Å². The maximum Gasteiger partial charge on any atom is 0.469 e. The van der Waals surface area contributed by atoms with Gasteiger partial charge in [-0.2, -0.15) is 0 Å². The molecule has 9 heteroatoms. The molecule has 0 heterocycles. The molecule has 0 aromatic carbocycles. The summed E-state index contributed by atoms with van der Waals surface area (Å²) in [6.45, 7) is 3.57. The van der Waals surface area contributed by atoms with Crippen molar-refractivity contribution in [1.29, 1.82) is 0 Å². The Balaban J connectivity index is 4.07. The summed E-state index contributed by atoms with van der Waals surface area (Å²) >= 11 is 0. The minimum atomic E-state index is -4.74. The molecule has 2 N–H and O–H groups in total. The average molecular weight is 603 g/mol. The molecule has 0 aromatic rings. The summed E-state index contributed by atoms with van der Waals surface area (Å²) in [6.07, 6.45) is 29.0. The number of esters is 2. The Labute approximate surface area is 249 Å². The molecule has 0 amide bonds. The van der Waals surface area contributed by atoms with Gasteiger partial charge in [-0.3, -0.25) is 14.1 Å². The second kappa shape index (κ2) is 28.6. The van der Waals surface area contributed by atoms with Gasteiger partial charge < -0.3 is 19.3 Å². The molecule has 0 aliphatic heterocycles. The summed E-state index contributed by atoms with van der Waals surface area (Å²) in [7, 11) is -4.74. The molecule has 0 saturated heterocycles. The van der Waals surface area contributed by atoms with Crippen LogP contribution in [0.5, 0.6) is 0 Å². The van der Waals surface area contributed by atoms with Crippen LogP contribution in [0, 0.1) is 0 Å². The first-order chi connectivity index (χ1) is 19.8. The van der Waals surface area contributed by atoms with Crippen molar-refractivity contribution in [1.82, 2.24) is 0 Å². The Hall–Kier alpha value is -1.47. The molecule has 0 aliphatic rings. The predicted octanol–water partition coefficient (Wildman–Crippen LogP) is 8.90. The molecule has 240 valence electrons. The van der Waals surface area contributed by atoms with E-state index in [1.54, 1.807) is 0 Å². The highest BCUT2D eigenvalue weighted by Gasteiger charge is 2.22. The third-order valence-electron chi connectivity index (χ3n) is 6.69. The van der Waals surface area contributed by atoms with Gasteiger partial charge in [-0.25, -0.2) is 4.57 Å². The van der Waals surface area contributed by atoms with Crippen molar-refractivity contribution in [3.8, 4) is 0 Å². The molecule has 8 nitrogen and oxygen atoms in total. The molecule has 0 aromatic heterocycles. The van der Waals surface area contributed by atoms with Gasteiger partial charge in [0.15, 0.2) is 6.10 Å². The molecular weight excluding hydrogens is 543 g/mol. The number of hydrogen-bond acceptors (Lipinski definition) is 6. The van der Waals surface area contributed by atoms with Gasteiger partial charge in [0.25, 0.3) is 0 Å². The SMILES string of the molecule is CCCC/C=C\CCCCCCCC(=O)OC[C@H](COP(=O)(O)O)OC(=O)CCCCCCC/C=C\CCCCC. The van der Waals surface area contributed by atoms with E-state index in [1.807, 2.05) is 0 Å². The summed E-state index contributed by atoms with van der Waals surface area (Å²) in [4.78, 5) is 42.4. The van der Waals surface area contributed by atoms with Crippen molar-refractivity contribution in [2.45, 2.75) is 155 Å². The van der Waals surface area contributed by atoms with Gasteiger partial charge in [0.2, 0.25) is 0 Å². The first-order valence-electron chi connectivity index (χ1n) is 16.1. The fraction of sp³-hybridized carbons (Fsp3) is 0.812. The van der Waals surface area contributed by atoms with E-state index in [9.17, 15) is 14.2 Å². The van der Waals surface area contributed by atoms with E-state index in [2.05, 4.69) is 42.7 Å². The standard InChI is InChI=1S/C32H59O8P/c1-3-5-7-9-11-13-15-17-19-21-23-25-27-32(34)40-30(29-39-41(35,36)37)28-38-31(33)26-24-22-20-18-16-14-12-10-8-6-4-2/h10-13,30H,3-9,14-29H2,1-2H3,(H2,35,36,37)/b12-10-,13-11-/t30-/m1/s1. The monoisotopic (exact) mass is 602 g/mol. The van der Waals surface area contributed by atoms with Crippen molar-refractivity contribution in [3.05, 3.63) is 24.3 Å². The number of phosphoric acid groups is 1. The maximum atomic E-state index is 12.3. The molecule has 0 bridgehead atoms. The van der Waals surface area contributed by atoms with Gasteiger partial charge in [0, 0.05) is 12.8 Å². The summed E-state index contributed by atoms with van der Waals surface area (Å²) in [5, 5.41) is 0. The number of unbranched alkanes of at least 4 members (excludes halogenated alkanes) is 15. The zero-order valence-electron chi connectivity index (χ0n) is 25.9. The van der Waals surface area contributed by atoms with Crippen LogP contribution in [0.3, 0.4) is 0 Å². The van der Waals surface area contributed by atoms with Gasteiger partial charge in [0.1, 0.15) is 6.61 Å². The molecule has 0 rings (SSSR count).